The summed E-state index contributed by atoms with van der Waals surface area (Å²) in [5.74, 6) is 0.688. The molecule has 1 aromatic heterocycles. The van der Waals surface area contributed by atoms with E-state index in [9.17, 15) is 4.79 Å². The lowest BCUT2D eigenvalue weighted by atomic mass is 10.0. The fourth-order valence-corrected chi connectivity index (χ4v) is 2.64. The van der Waals surface area contributed by atoms with Gasteiger partial charge in [-0.15, -0.1) is 0 Å². The van der Waals surface area contributed by atoms with Crippen LogP contribution in [-0.2, 0) is 4.79 Å². The highest BCUT2D eigenvalue weighted by Crippen LogP contribution is 2.32. The molecule has 0 spiro atoms. The van der Waals surface area contributed by atoms with Crippen LogP contribution in [0.5, 0.6) is 0 Å². The smallest absolute Gasteiger partial charge is 0.220 e. The molecule has 0 fully saturated rings. The van der Waals surface area contributed by atoms with Crippen molar-refractivity contribution in [2.24, 2.45) is 4.99 Å². The van der Waals surface area contributed by atoms with Crippen molar-refractivity contribution in [3.63, 3.8) is 0 Å². The first-order chi connectivity index (χ1) is 10.7. The Bertz CT molecular complexity index is 742. The maximum Gasteiger partial charge on any atom is 0.220 e. The maximum absolute atomic E-state index is 11.8. The number of amides is 1. The lowest BCUT2D eigenvalue weighted by molar-refractivity contribution is -0.121. The van der Waals surface area contributed by atoms with E-state index in [-0.39, 0.29) is 11.9 Å². The molecule has 2 aromatic rings. The van der Waals surface area contributed by atoms with Crippen LogP contribution in [0.25, 0.3) is 11.1 Å². The first-order valence-electron chi connectivity index (χ1n) is 7.27. The van der Waals surface area contributed by atoms with E-state index >= 15 is 0 Å². The van der Waals surface area contributed by atoms with Gasteiger partial charge in [0, 0.05) is 35.0 Å². The molecule has 1 amide bonds. The highest BCUT2D eigenvalue weighted by atomic mass is 35.5. The second kappa shape index (κ2) is 6.28. The maximum atomic E-state index is 11.8. The fourth-order valence-electron chi connectivity index (χ4n) is 2.45. The zero-order valence-electron chi connectivity index (χ0n) is 12.2. The molecule has 1 atom stereocenters. The van der Waals surface area contributed by atoms with Gasteiger partial charge in [0.2, 0.25) is 5.91 Å². The molecule has 0 bridgehead atoms. The molecule has 1 aliphatic heterocycles. The number of fused-ring (bicyclic) bond motifs is 1. The molecule has 112 valence electrons. The quantitative estimate of drug-likeness (QED) is 0.924. The number of aromatic nitrogens is 1. The summed E-state index contributed by atoms with van der Waals surface area (Å²) in [6.07, 6.45) is 4.84. The van der Waals surface area contributed by atoms with Gasteiger partial charge in [0.05, 0.1) is 6.04 Å². The van der Waals surface area contributed by atoms with Crippen LogP contribution in [0.4, 0.5) is 5.82 Å². The van der Waals surface area contributed by atoms with Gasteiger partial charge in [0.1, 0.15) is 0 Å². The summed E-state index contributed by atoms with van der Waals surface area (Å²) in [5.41, 5.74) is 2.87. The van der Waals surface area contributed by atoms with Crippen LogP contribution in [0.2, 0.25) is 5.02 Å². The Morgan fingerprint density at radius 3 is 2.95 bits per heavy atom. The molecular weight excluding hydrogens is 298 g/mol. The number of benzene rings is 1. The fraction of sp³-hybridized carbons (Fsp3) is 0.235. The third-order valence-electron chi connectivity index (χ3n) is 3.53. The van der Waals surface area contributed by atoms with Gasteiger partial charge in [-0.3, -0.25) is 4.79 Å². The molecule has 3 rings (SSSR count). The van der Waals surface area contributed by atoms with Crippen molar-refractivity contribution in [2.45, 2.75) is 25.8 Å². The summed E-state index contributed by atoms with van der Waals surface area (Å²) in [5, 5.41) is 3.65. The molecule has 0 saturated carbocycles. The Morgan fingerprint density at radius 1 is 1.32 bits per heavy atom. The number of pyridine rings is 1. The van der Waals surface area contributed by atoms with E-state index in [2.05, 4.69) is 15.3 Å². The monoisotopic (exact) mass is 313 g/mol. The van der Waals surface area contributed by atoms with Gasteiger partial charge in [-0.2, -0.15) is 0 Å². The minimum absolute atomic E-state index is 0.0277. The normalized spacial score (nSPS) is 15.6. The molecule has 1 N–H and O–H groups in total. The van der Waals surface area contributed by atoms with Crippen molar-refractivity contribution < 1.29 is 4.79 Å². The highest BCUT2D eigenvalue weighted by Gasteiger charge is 2.22. The number of carbonyl (C=O) groups is 1. The van der Waals surface area contributed by atoms with Crippen LogP contribution in [0.15, 0.2) is 41.5 Å². The van der Waals surface area contributed by atoms with Gasteiger partial charge in [0.25, 0.3) is 0 Å². The Labute approximate surface area is 134 Å². The van der Waals surface area contributed by atoms with Gasteiger partial charge in [0.15, 0.2) is 5.82 Å². The van der Waals surface area contributed by atoms with E-state index in [1.165, 1.54) is 0 Å². The van der Waals surface area contributed by atoms with E-state index in [1.54, 1.807) is 12.4 Å². The number of rotatable bonds is 4. The molecule has 0 radical (unpaired) electrons. The molecule has 0 saturated heterocycles. The van der Waals surface area contributed by atoms with Crippen molar-refractivity contribution >= 4 is 29.5 Å². The summed E-state index contributed by atoms with van der Waals surface area (Å²) < 4.78 is 0. The summed E-state index contributed by atoms with van der Waals surface area (Å²) in [7, 11) is 0. The topological polar surface area (TPSA) is 54.4 Å². The first-order valence-corrected chi connectivity index (χ1v) is 7.64. The van der Waals surface area contributed by atoms with E-state index in [0.717, 1.165) is 23.1 Å². The molecular formula is C17H16ClN3O. The third kappa shape index (κ3) is 3.02. The number of hydrogen-bond acceptors (Lipinski definition) is 3. The van der Waals surface area contributed by atoms with Crippen LogP contribution >= 0.6 is 11.6 Å². The van der Waals surface area contributed by atoms with Crippen molar-refractivity contribution in [1.29, 1.82) is 0 Å². The third-order valence-corrected chi connectivity index (χ3v) is 3.76. The number of halogens is 1. The lowest BCUT2D eigenvalue weighted by Gasteiger charge is -2.12. The minimum Gasteiger partial charge on any atom is -0.344 e. The molecule has 1 aliphatic rings. The first kappa shape index (κ1) is 14.7. The van der Waals surface area contributed by atoms with Gasteiger partial charge < -0.3 is 5.32 Å². The molecule has 22 heavy (non-hydrogen) atoms. The van der Waals surface area contributed by atoms with Crippen LogP contribution < -0.4 is 5.32 Å². The Morgan fingerprint density at radius 2 is 2.18 bits per heavy atom. The van der Waals surface area contributed by atoms with E-state index in [0.29, 0.717) is 17.3 Å². The molecule has 4 nitrogen and oxygen atoms in total. The number of hydrogen-bond donors (Lipinski definition) is 1. The van der Waals surface area contributed by atoms with Crippen LogP contribution in [-0.4, -0.2) is 17.1 Å². The molecule has 2 heterocycles. The predicted octanol–water partition coefficient (Wildman–Crippen LogP) is 4.08. The molecule has 1 unspecified atom stereocenters. The highest BCUT2D eigenvalue weighted by molar-refractivity contribution is 6.30. The molecule has 1 aromatic carbocycles. The average molecular weight is 314 g/mol. The van der Waals surface area contributed by atoms with E-state index in [1.807, 2.05) is 37.3 Å². The van der Waals surface area contributed by atoms with Gasteiger partial charge >= 0.3 is 0 Å². The van der Waals surface area contributed by atoms with Crippen molar-refractivity contribution in [3.8, 4) is 11.1 Å². The Kier molecular flexibility index (Phi) is 4.20. The van der Waals surface area contributed by atoms with Crippen LogP contribution in [0.3, 0.4) is 0 Å². The summed E-state index contributed by atoms with van der Waals surface area (Å²) in [4.78, 5) is 20.4. The standard InChI is InChI=1S/C17H16ClN3O/c1-2-4-16(22)21-15-10-20-17-14(15)8-12(9-19-17)11-5-3-6-13(18)7-11/h3,5-10,15H,2,4H2,1H3,(H,21,22). The van der Waals surface area contributed by atoms with Crippen molar-refractivity contribution in [3.05, 3.63) is 47.1 Å². The predicted molar refractivity (Wildman–Crippen MR) is 88.6 cm³/mol. The number of nitrogens with zero attached hydrogens (tertiary/aromatic N) is 2. The summed E-state index contributed by atoms with van der Waals surface area (Å²) in [6.45, 7) is 1.98. The lowest BCUT2D eigenvalue weighted by Crippen LogP contribution is -2.27. The van der Waals surface area contributed by atoms with Crippen LogP contribution in [0.1, 0.15) is 31.4 Å². The van der Waals surface area contributed by atoms with E-state index < -0.39 is 0 Å². The van der Waals surface area contributed by atoms with Crippen molar-refractivity contribution in [2.75, 3.05) is 0 Å². The second-order valence-corrected chi connectivity index (χ2v) is 5.66. The number of carbonyl (C=O) groups excluding carboxylic acids is 1. The Hall–Kier alpha value is -2.20. The van der Waals surface area contributed by atoms with Crippen molar-refractivity contribution in [1.82, 2.24) is 10.3 Å². The largest absolute Gasteiger partial charge is 0.344 e. The average Bonchev–Trinajstić information content (AvgIpc) is 2.90. The van der Waals surface area contributed by atoms with Gasteiger partial charge in [-0.1, -0.05) is 30.7 Å². The Balaban J connectivity index is 1.89. The van der Waals surface area contributed by atoms with Gasteiger partial charge in [-0.05, 0) is 30.2 Å². The summed E-state index contributed by atoms with van der Waals surface area (Å²) >= 11 is 6.04. The minimum atomic E-state index is -0.208. The summed E-state index contributed by atoms with van der Waals surface area (Å²) in [6, 6.07) is 9.42. The zero-order chi connectivity index (χ0) is 15.5. The molecule has 0 aliphatic carbocycles. The number of aliphatic imine (C=N–C) groups is 1. The second-order valence-electron chi connectivity index (χ2n) is 5.22. The van der Waals surface area contributed by atoms with Crippen LogP contribution in [0, 0.1) is 0 Å². The molecule has 5 heteroatoms. The van der Waals surface area contributed by atoms with E-state index in [4.69, 9.17) is 11.6 Å². The SMILES string of the molecule is CCCC(=O)NC1C=Nc2ncc(-c3cccc(Cl)c3)cc21. The zero-order valence-corrected chi connectivity index (χ0v) is 13.0. The number of nitrogens with one attached hydrogen (secondary N) is 1. The van der Waals surface area contributed by atoms with Gasteiger partial charge in [-0.25, -0.2) is 9.98 Å².